The minimum absolute atomic E-state index is 0.0362. The zero-order valence-electron chi connectivity index (χ0n) is 38.1. The summed E-state index contributed by atoms with van der Waals surface area (Å²) in [4.78, 5) is 10.4. The van der Waals surface area contributed by atoms with Crippen LogP contribution in [0.5, 0.6) is 0 Å². The predicted octanol–water partition coefficient (Wildman–Crippen LogP) is 15.8. The number of rotatable bonds is 6. The molecule has 318 valence electrons. The Morgan fingerprint density at radius 3 is 1.45 bits per heavy atom. The number of benzene rings is 8. The van der Waals surface area contributed by atoms with E-state index in [2.05, 4.69) is 196 Å². The Morgan fingerprint density at radius 1 is 0.394 bits per heavy atom. The molecule has 0 bridgehead atoms. The smallest absolute Gasteiger partial charge is 0.160 e. The van der Waals surface area contributed by atoms with Crippen molar-refractivity contribution < 1.29 is 0 Å². The molecule has 0 atom stereocenters. The minimum atomic E-state index is -0.0362. The zero-order valence-corrected chi connectivity index (χ0v) is 38.1. The molecule has 11 aromatic rings. The lowest BCUT2D eigenvalue weighted by Gasteiger charge is -2.21. The summed E-state index contributed by atoms with van der Waals surface area (Å²) in [5.74, 6) is 0.661. The van der Waals surface area contributed by atoms with E-state index in [0.717, 1.165) is 83.4 Å². The molecule has 0 fully saturated rings. The van der Waals surface area contributed by atoms with Crippen LogP contribution in [0.15, 0.2) is 188 Å². The molecule has 0 saturated carbocycles. The lowest BCUT2D eigenvalue weighted by Crippen LogP contribution is -2.10. The molecule has 8 aromatic carbocycles. The lowest BCUT2D eigenvalue weighted by molar-refractivity contribution is 0.590. The molecule has 66 heavy (non-hydrogen) atoms. The van der Waals surface area contributed by atoms with Crippen LogP contribution in [-0.2, 0) is 10.8 Å². The summed E-state index contributed by atoms with van der Waals surface area (Å²) < 4.78 is 4.78. The van der Waals surface area contributed by atoms with Gasteiger partial charge in [0.15, 0.2) is 5.82 Å². The number of hydrogen-bond donors (Lipinski definition) is 0. The molecule has 0 unspecified atom stereocenters. The van der Waals surface area contributed by atoms with E-state index in [1.54, 1.807) is 0 Å². The number of aromatic nitrogens is 4. The molecule has 5 nitrogen and oxygen atoms in total. The summed E-state index contributed by atoms with van der Waals surface area (Å²) in [6.45, 7) is 13.7. The highest BCUT2D eigenvalue weighted by atomic mass is 15.0. The first kappa shape index (κ1) is 40.7. The van der Waals surface area contributed by atoms with Crippen LogP contribution in [0.2, 0.25) is 0 Å². The van der Waals surface area contributed by atoms with Crippen LogP contribution in [0.4, 0.5) is 0 Å². The first-order valence-electron chi connectivity index (χ1n) is 22.7. The monoisotopic (exact) mass is 851 g/mol. The Morgan fingerprint density at radius 2 is 0.894 bits per heavy atom. The van der Waals surface area contributed by atoms with E-state index < -0.39 is 0 Å². The van der Waals surface area contributed by atoms with Crippen LogP contribution >= 0.6 is 0 Å². The number of hydrogen-bond acceptors (Lipinski definition) is 3. The summed E-state index contributed by atoms with van der Waals surface area (Å²) in [5.41, 5.74) is 16.0. The van der Waals surface area contributed by atoms with Crippen molar-refractivity contribution in [1.29, 1.82) is 5.26 Å². The van der Waals surface area contributed by atoms with Crippen molar-refractivity contribution in [1.82, 2.24) is 19.1 Å². The maximum atomic E-state index is 10.5. The highest BCUT2D eigenvalue weighted by molar-refractivity contribution is 6.12. The van der Waals surface area contributed by atoms with Crippen molar-refractivity contribution in [3.63, 3.8) is 0 Å². The maximum Gasteiger partial charge on any atom is 0.160 e. The van der Waals surface area contributed by atoms with Gasteiger partial charge >= 0.3 is 0 Å². The van der Waals surface area contributed by atoms with Crippen molar-refractivity contribution in [3.05, 3.63) is 205 Å². The molecule has 0 N–H and O–H groups in total. The van der Waals surface area contributed by atoms with Gasteiger partial charge in [0.1, 0.15) is 0 Å². The molecule has 0 aliphatic heterocycles. The third kappa shape index (κ3) is 6.94. The number of fused-ring (bicyclic) bond motifs is 6. The Labute approximate surface area is 385 Å². The Balaban J connectivity index is 1.26. The second-order valence-electron chi connectivity index (χ2n) is 19.4. The molecule has 0 spiro atoms. The molecule has 5 heteroatoms. The van der Waals surface area contributed by atoms with E-state index in [1.165, 1.54) is 21.9 Å². The topological polar surface area (TPSA) is 59.4 Å². The quantitative estimate of drug-likeness (QED) is 0.167. The Kier molecular flexibility index (Phi) is 9.60. The fourth-order valence-electron chi connectivity index (χ4n) is 9.59. The van der Waals surface area contributed by atoms with Gasteiger partial charge in [0.05, 0.1) is 56.5 Å². The first-order valence-corrected chi connectivity index (χ1v) is 22.7. The second-order valence-corrected chi connectivity index (χ2v) is 19.4. The predicted molar refractivity (Wildman–Crippen MR) is 275 cm³/mol. The highest BCUT2D eigenvalue weighted by Gasteiger charge is 2.25. The third-order valence-electron chi connectivity index (χ3n) is 13.1. The molecular formula is C61H49N5. The normalized spacial score (nSPS) is 12.1. The van der Waals surface area contributed by atoms with Crippen molar-refractivity contribution in [2.45, 2.75) is 52.4 Å². The fourth-order valence-corrected chi connectivity index (χ4v) is 9.59. The standard InChI is InChI=1S/C61H49N5/c1-60(2,3)43-27-31-56-49(35-43)50-36-44(61(4,5)6)28-32-57(50)65(56)55-30-26-42(52-37-51(40-17-9-7-10-18-40)63-59(64-52)41-19-11-8-12-20-41)34-48(55)47-29-25-39(38-62)33-58(47)66-53-23-15-13-21-45(53)46-22-14-16-24-54(46)66/h7-37H,1-6H3. The summed E-state index contributed by atoms with van der Waals surface area (Å²) in [5, 5.41) is 15.3. The van der Waals surface area contributed by atoms with E-state index in [9.17, 15) is 5.26 Å². The van der Waals surface area contributed by atoms with Crippen molar-refractivity contribution in [2.75, 3.05) is 0 Å². The Bertz CT molecular complexity index is 3540. The molecule has 0 amide bonds. The lowest BCUT2D eigenvalue weighted by atomic mass is 9.85. The zero-order chi connectivity index (χ0) is 45.3. The minimum Gasteiger partial charge on any atom is -0.309 e. The maximum absolute atomic E-state index is 10.5. The average Bonchev–Trinajstić information content (AvgIpc) is 3.85. The van der Waals surface area contributed by atoms with Gasteiger partial charge in [0.25, 0.3) is 0 Å². The summed E-state index contributed by atoms with van der Waals surface area (Å²) >= 11 is 0. The van der Waals surface area contributed by atoms with Crippen LogP contribution in [0.3, 0.4) is 0 Å². The molecule has 0 saturated heterocycles. The van der Waals surface area contributed by atoms with Crippen LogP contribution in [0, 0.1) is 11.3 Å². The second kappa shape index (κ2) is 15.6. The van der Waals surface area contributed by atoms with E-state index in [0.29, 0.717) is 11.4 Å². The summed E-state index contributed by atoms with van der Waals surface area (Å²) in [6, 6.07) is 69.1. The van der Waals surface area contributed by atoms with Crippen LogP contribution in [0.25, 0.3) is 100 Å². The highest BCUT2D eigenvalue weighted by Crippen LogP contribution is 2.44. The van der Waals surface area contributed by atoms with Gasteiger partial charge < -0.3 is 9.13 Å². The van der Waals surface area contributed by atoms with Gasteiger partial charge in [-0.2, -0.15) is 5.26 Å². The van der Waals surface area contributed by atoms with Gasteiger partial charge in [-0.15, -0.1) is 0 Å². The van der Waals surface area contributed by atoms with Gasteiger partial charge in [0, 0.05) is 49.4 Å². The molecule has 0 aliphatic rings. The van der Waals surface area contributed by atoms with Gasteiger partial charge in [-0.25, -0.2) is 9.97 Å². The first-order chi connectivity index (χ1) is 31.9. The fraction of sp³-hybridized carbons (Fsp3) is 0.131. The molecule has 3 heterocycles. The summed E-state index contributed by atoms with van der Waals surface area (Å²) in [6.07, 6.45) is 0. The molecule has 11 rings (SSSR count). The SMILES string of the molecule is CC(C)(C)c1ccc2c(c1)c1cc(C(C)(C)C)ccc1n2-c1ccc(-c2cc(-c3ccccc3)nc(-c3ccccc3)n2)cc1-c1ccc(C#N)cc1-n1c2ccccc2c2ccccc21. The summed E-state index contributed by atoms with van der Waals surface area (Å²) in [7, 11) is 0. The number of nitrogens with zero attached hydrogens (tertiary/aromatic N) is 5. The van der Waals surface area contributed by atoms with E-state index in [1.807, 2.05) is 48.5 Å². The van der Waals surface area contributed by atoms with E-state index in [-0.39, 0.29) is 10.8 Å². The van der Waals surface area contributed by atoms with Crippen molar-refractivity contribution in [2.24, 2.45) is 0 Å². The van der Waals surface area contributed by atoms with E-state index in [4.69, 9.17) is 9.97 Å². The average molecular weight is 852 g/mol. The van der Waals surface area contributed by atoms with Gasteiger partial charge in [-0.05, 0) is 88.7 Å². The largest absolute Gasteiger partial charge is 0.309 e. The van der Waals surface area contributed by atoms with Crippen LogP contribution < -0.4 is 0 Å². The molecule has 3 aromatic heterocycles. The molecular weight excluding hydrogens is 803 g/mol. The molecule has 0 aliphatic carbocycles. The van der Waals surface area contributed by atoms with E-state index >= 15 is 0 Å². The van der Waals surface area contributed by atoms with Gasteiger partial charge in [-0.1, -0.05) is 163 Å². The number of para-hydroxylation sites is 2. The molecule has 0 radical (unpaired) electrons. The van der Waals surface area contributed by atoms with Crippen LogP contribution in [0.1, 0.15) is 58.2 Å². The number of nitriles is 1. The van der Waals surface area contributed by atoms with Crippen molar-refractivity contribution in [3.8, 4) is 62.5 Å². The van der Waals surface area contributed by atoms with Gasteiger partial charge in [0.2, 0.25) is 0 Å². The Hall–Kier alpha value is -8.07. The van der Waals surface area contributed by atoms with Crippen LogP contribution in [-0.4, -0.2) is 19.1 Å². The van der Waals surface area contributed by atoms with Crippen molar-refractivity contribution >= 4 is 43.6 Å². The third-order valence-corrected chi connectivity index (χ3v) is 13.1. The van der Waals surface area contributed by atoms with Gasteiger partial charge in [-0.3, -0.25) is 0 Å².